The molecular weight excluding hydrogens is 304 g/mol. The summed E-state index contributed by atoms with van der Waals surface area (Å²) < 4.78 is 5.12. The normalized spacial score (nSPS) is 23.7. The minimum Gasteiger partial charge on any atom is -0.497 e. The lowest BCUT2D eigenvalue weighted by Gasteiger charge is -2.30. The molecule has 1 heterocycles. The standard InChI is InChI=1S/C19H26N2O3/c1-13-7-9-21(10-8-13)19(23)17-11-16(17)18(22)20-12-14-3-5-15(24-2)6-4-14/h3-6,13,16-17H,7-12H2,1-2H3,(H,20,22). The van der Waals surface area contributed by atoms with Gasteiger partial charge < -0.3 is 15.0 Å². The zero-order valence-corrected chi connectivity index (χ0v) is 14.5. The van der Waals surface area contributed by atoms with Crippen molar-refractivity contribution >= 4 is 11.8 Å². The zero-order chi connectivity index (χ0) is 17.1. The van der Waals surface area contributed by atoms with E-state index in [4.69, 9.17) is 4.74 Å². The van der Waals surface area contributed by atoms with Gasteiger partial charge in [-0.05, 0) is 42.9 Å². The van der Waals surface area contributed by atoms with Crippen LogP contribution in [0, 0.1) is 17.8 Å². The van der Waals surface area contributed by atoms with Gasteiger partial charge in [-0.15, -0.1) is 0 Å². The summed E-state index contributed by atoms with van der Waals surface area (Å²) in [5.41, 5.74) is 1.03. The third kappa shape index (κ3) is 3.89. The predicted octanol–water partition coefficient (Wildman–Crippen LogP) is 2.21. The third-order valence-corrected chi connectivity index (χ3v) is 5.17. The maximum Gasteiger partial charge on any atom is 0.226 e. The Hall–Kier alpha value is -2.04. The molecule has 130 valence electrons. The van der Waals surface area contributed by atoms with Gasteiger partial charge in [0.25, 0.3) is 0 Å². The van der Waals surface area contributed by atoms with Crippen molar-refractivity contribution in [1.82, 2.24) is 10.2 Å². The van der Waals surface area contributed by atoms with Crippen LogP contribution in [0.4, 0.5) is 0 Å². The Kier molecular flexibility index (Phi) is 5.07. The van der Waals surface area contributed by atoms with Gasteiger partial charge in [0.15, 0.2) is 0 Å². The first-order valence-corrected chi connectivity index (χ1v) is 8.78. The van der Waals surface area contributed by atoms with Crippen molar-refractivity contribution in [2.45, 2.75) is 32.7 Å². The van der Waals surface area contributed by atoms with E-state index >= 15 is 0 Å². The quantitative estimate of drug-likeness (QED) is 0.900. The molecule has 3 rings (SSSR count). The van der Waals surface area contributed by atoms with Gasteiger partial charge in [0.2, 0.25) is 11.8 Å². The summed E-state index contributed by atoms with van der Waals surface area (Å²) in [6, 6.07) is 7.62. The van der Waals surface area contributed by atoms with Gasteiger partial charge in [-0.2, -0.15) is 0 Å². The van der Waals surface area contributed by atoms with Crippen LogP contribution >= 0.6 is 0 Å². The van der Waals surface area contributed by atoms with Gasteiger partial charge in [0, 0.05) is 19.6 Å². The van der Waals surface area contributed by atoms with E-state index in [0.29, 0.717) is 18.9 Å². The summed E-state index contributed by atoms with van der Waals surface area (Å²) >= 11 is 0. The minimum atomic E-state index is -0.143. The molecule has 5 nitrogen and oxygen atoms in total. The van der Waals surface area contributed by atoms with Crippen LogP contribution in [0.15, 0.2) is 24.3 Å². The van der Waals surface area contributed by atoms with Crippen LogP contribution in [0.25, 0.3) is 0 Å². The molecule has 5 heteroatoms. The first-order valence-electron chi connectivity index (χ1n) is 8.78. The van der Waals surface area contributed by atoms with Gasteiger partial charge in [0.05, 0.1) is 18.9 Å². The fourth-order valence-electron chi connectivity index (χ4n) is 3.28. The number of piperidine rings is 1. The molecule has 2 fully saturated rings. The SMILES string of the molecule is COc1ccc(CNC(=O)C2CC2C(=O)N2CCC(C)CC2)cc1. The number of nitrogens with zero attached hydrogens (tertiary/aromatic N) is 1. The highest BCUT2D eigenvalue weighted by Crippen LogP contribution is 2.40. The molecule has 2 amide bonds. The molecule has 2 aliphatic rings. The number of hydrogen-bond donors (Lipinski definition) is 1. The molecule has 1 saturated heterocycles. The second-order valence-corrected chi connectivity index (χ2v) is 7.02. The molecule has 0 spiro atoms. The zero-order valence-electron chi connectivity index (χ0n) is 14.5. The van der Waals surface area contributed by atoms with Crippen LogP contribution in [0.1, 0.15) is 31.7 Å². The van der Waals surface area contributed by atoms with E-state index in [1.165, 1.54) is 0 Å². The second kappa shape index (κ2) is 7.24. The van der Waals surface area contributed by atoms with Crippen molar-refractivity contribution in [2.24, 2.45) is 17.8 Å². The van der Waals surface area contributed by atoms with E-state index in [2.05, 4.69) is 12.2 Å². The van der Waals surface area contributed by atoms with Crippen molar-refractivity contribution in [1.29, 1.82) is 0 Å². The predicted molar refractivity (Wildman–Crippen MR) is 91.4 cm³/mol. The Morgan fingerprint density at radius 1 is 1.17 bits per heavy atom. The van der Waals surface area contributed by atoms with Crippen molar-refractivity contribution in [3.05, 3.63) is 29.8 Å². The van der Waals surface area contributed by atoms with E-state index in [1.807, 2.05) is 29.2 Å². The van der Waals surface area contributed by atoms with Crippen LogP contribution in [-0.4, -0.2) is 36.9 Å². The Morgan fingerprint density at radius 2 is 1.83 bits per heavy atom. The number of rotatable bonds is 5. The first kappa shape index (κ1) is 16.8. The fourth-order valence-corrected chi connectivity index (χ4v) is 3.28. The fraction of sp³-hybridized carbons (Fsp3) is 0.579. The lowest BCUT2D eigenvalue weighted by Crippen LogP contribution is -2.39. The number of amides is 2. The van der Waals surface area contributed by atoms with E-state index in [1.54, 1.807) is 7.11 Å². The summed E-state index contributed by atoms with van der Waals surface area (Å²) in [7, 11) is 1.63. The smallest absolute Gasteiger partial charge is 0.226 e. The molecule has 0 radical (unpaired) electrons. The Bertz CT molecular complexity index is 591. The average Bonchev–Trinajstić information content (AvgIpc) is 3.41. The number of methoxy groups -OCH3 is 1. The number of hydrogen-bond acceptors (Lipinski definition) is 3. The monoisotopic (exact) mass is 330 g/mol. The number of benzene rings is 1. The molecule has 24 heavy (non-hydrogen) atoms. The largest absolute Gasteiger partial charge is 0.497 e. The molecule has 1 aromatic rings. The molecule has 1 saturated carbocycles. The molecule has 1 aliphatic heterocycles. The molecule has 1 aromatic carbocycles. The lowest BCUT2D eigenvalue weighted by molar-refractivity contribution is -0.135. The molecule has 2 unspecified atom stereocenters. The van der Waals surface area contributed by atoms with Gasteiger partial charge in [-0.25, -0.2) is 0 Å². The number of carbonyl (C=O) groups excluding carboxylic acids is 2. The van der Waals surface area contributed by atoms with E-state index in [9.17, 15) is 9.59 Å². The number of ether oxygens (including phenoxy) is 1. The highest BCUT2D eigenvalue weighted by Gasteiger charge is 2.49. The number of carbonyl (C=O) groups is 2. The van der Waals surface area contributed by atoms with Crippen molar-refractivity contribution in [2.75, 3.05) is 20.2 Å². The number of likely N-dealkylation sites (tertiary alicyclic amines) is 1. The van der Waals surface area contributed by atoms with Crippen LogP contribution in [0.5, 0.6) is 5.75 Å². The van der Waals surface area contributed by atoms with Gasteiger partial charge >= 0.3 is 0 Å². The highest BCUT2D eigenvalue weighted by atomic mass is 16.5. The van der Waals surface area contributed by atoms with Crippen LogP contribution in [-0.2, 0) is 16.1 Å². The van der Waals surface area contributed by atoms with Crippen molar-refractivity contribution in [3.63, 3.8) is 0 Å². The van der Waals surface area contributed by atoms with Crippen molar-refractivity contribution in [3.8, 4) is 5.75 Å². The van der Waals surface area contributed by atoms with Gasteiger partial charge in [-0.3, -0.25) is 9.59 Å². The molecule has 0 aromatic heterocycles. The molecule has 2 atom stereocenters. The van der Waals surface area contributed by atoms with Crippen LogP contribution in [0.2, 0.25) is 0 Å². The third-order valence-electron chi connectivity index (χ3n) is 5.17. The Balaban J connectivity index is 1.44. The Labute approximate surface area is 143 Å². The Morgan fingerprint density at radius 3 is 2.46 bits per heavy atom. The molecule has 0 bridgehead atoms. The molecule has 1 aliphatic carbocycles. The second-order valence-electron chi connectivity index (χ2n) is 7.02. The summed E-state index contributed by atoms with van der Waals surface area (Å²) in [5, 5.41) is 2.94. The van der Waals surface area contributed by atoms with E-state index in [0.717, 1.165) is 37.2 Å². The van der Waals surface area contributed by atoms with E-state index in [-0.39, 0.29) is 23.7 Å². The maximum atomic E-state index is 12.5. The van der Waals surface area contributed by atoms with Gasteiger partial charge in [-0.1, -0.05) is 19.1 Å². The summed E-state index contributed by atoms with van der Waals surface area (Å²) in [6.45, 7) is 4.41. The maximum absolute atomic E-state index is 12.5. The average molecular weight is 330 g/mol. The number of nitrogens with one attached hydrogen (secondary N) is 1. The minimum absolute atomic E-state index is 0.00505. The summed E-state index contributed by atoms with van der Waals surface area (Å²) in [4.78, 5) is 26.6. The molecular formula is C19H26N2O3. The van der Waals surface area contributed by atoms with Crippen molar-refractivity contribution < 1.29 is 14.3 Å². The van der Waals surface area contributed by atoms with Gasteiger partial charge in [0.1, 0.15) is 5.75 Å². The van der Waals surface area contributed by atoms with E-state index < -0.39 is 0 Å². The topological polar surface area (TPSA) is 58.6 Å². The summed E-state index contributed by atoms with van der Waals surface area (Å²) in [5.74, 6) is 1.43. The molecule has 1 N–H and O–H groups in total. The van der Waals surface area contributed by atoms with Crippen LogP contribution < -0.4 is 10.1 Å². The highest BCUT2D eigenvalue weighted by molar-refractivity contribution is 5.92. The first-order chi connectivity index (χ1) is 11.6. The van der Waals surface area contributed by atoms with Crippen LogP contribution in [0.3, 0.4) is 0 Å². The summed E-state index contributed by atoms with van der Waals surface area (Å²) in [6.07, 6.45) is 2.85. The lowest BCUT2D eigenvalue weighted by atomic mass is 9.99.